The van der Waals surface area contributed by atoms with E-state index in [1.165, 1.54) is 6.07 Å². The molecule has 0 unspecified atom stereocenters. The Morgan fingerprint density at radius 1 is 1.12 bits per heavy atom. The van der Waals surface area contributed by atoms with Crippen LogP contribution in [0.3, 0.4) is 0 Å². The maximum atomic E-state index is 13.6. The average Bonchev–Trinajstić information content (AvgIpc) is 3.68. The number of benzene rings is 3. The number of ether oxygens (including phenoxy) is 1. The van der Waals surface area contributed by atoms with Crippen LogP contribution in [0.1, 0.15) is 53.4 Å². The largest absolute Gasteiger partial charge is 0.507 e. The number of hydrogen-bond acceptors (Lipinski definition) is 9. The number of anilines is 3. The van der Waals surface area contributed by atoms with Gasteiger partial charge >= 0.3 is 12.0 Å². The lowest BCUT2D eigenvalue weighted by atomic mass is 9.95. The maximum absolute atomic E-state index is 13.6. The zero-order chi connectivity index (χ0) is 30.5. The molecule has 1 aliphatic rings. The number of amides is 3. The van der Waals surface area contributed by atoms with E-state index < -0.39 is 17.6 Å². The number of aromatic hydroxyl groups is 1. The summed E-state index contributed by atoms with van der Waals surface area (Å²) in [5.74, 6) is -1.01. The van der Waals surface area contributed by atoms with Crippen molar-refractivity contribution < 1.29 is 28.6 Å². The highest BCUT2D eigenvalue weighted by Crippen LogP contribution is 2.45. The van der Waals surface area contributed by atoms with Gasteiger partial charge in [0.1, 0.15) is 22.6 Å². The number of carbonyl (C=O) groups excluding carboxylic acids is 3. The molecule has 3 N–H and O–H groups in total. The second-order valence-corrected chi connectivity index (χ2v) is 12.1. The number of nitrogens with zero attached hydrogens (tertiary/aromatic N) is 3. The molecule has 1 atom stereocenters. The first-order valence-electron chi connectivity index (χ1n) is 13.3. The van der Waals surface area contributed by atoms with Crippen LogP contribution in [0.5, 0.6) is 5.75 Å². The van der Waals surface area contributed by atoms with Crippen LogP contribution in [-0.2, 0) is 4.74 Å². The summed E-state index contributed by atoms with van der Waals surface area (Å²) in [6.07, 6.45) is -0.626. The van der Waals surface area contributed by atoms with Gasteiger partial charge in [0.25, 0.3) is 11.8 Å². The standard InChI is InChI=1S/C30H26ClN5O6S/c1-30(2,3)42-29(40)32-16-8-9-19-23(10-16)41-26(33-19)25(38)35-28-34-20(14-43-28)27(39)36-13-15(12-31)24-18-7-5-4-6-17(18)22(37)11-21(24)36/h4-11,14-15,37H,12-13H2,1-3H3,(H,32,40)(H,34,35,38)/t15-/m1/s1. The van der Waals surface area contributed by atoms with Crippen LogP contribution in [0, 0.1) is 0 Å². The Bertz CT molecular complexity index is 1910. The molecule has 2 aromatic heterocycles. The van der Waals surface area contributed by atoms with Crippen molar-refractivity contribution in [1.82, 2.24) is 9.97 Å². The van der Waals surface area contributed by atoms with Crippen molar-refractivity contribution in [3.05, 3.63) is 71.1 Å². The van der Waals surface area contributed by atoms with Crippen molar-refractivity contribution in [2.75, 3.05) is 28.0 Å². The number of halogens is 1. The Balaban J connectivity index is 1.18. The third kappa shape index (κ3) is 5.58. The van der Waals surface area contributed by atoms with Crippen LogP contribution in [-0.4, -0.2) is 51.0 Å². The van der Waals surface area contributed by atoms with E-state index in [0.717, 1.165) is 22.3 Å². The molecule has 5 aromatic rings. The Kier molecular flexibility index (Phi) is 7.18. The number of nitrogens with one attached hydrogen (secondary N) is 2. The van der Waals surface area contributed by atoms with E-state index in [-0.39, 0.29) is 39.9 Å². The molecule has 1 aliphatic heterocycles. The van der Waals surface area contributed by atoms with E-state index in [1.54, 1.807) is 49.3 Å². The van der Waals surface area contributed by atoms with Gasteiger partial charge in [0.2, 0.25) is 0 Å². The molecule has 0 bridgehead atoms. The van der Waals surface area contributed by atoms with Crippen molar-refractivity contribution in [2.24, 2.45) is 0 Å². The number of rotatable bonds is 5. The Morgan fingerprint density at radius 2 is 1.88 bits per heavy atom. The third-order valence-electron chi connectivity index (χ3n) is 6.75. The molecule has 0 fully saturated rings. The number of oxazole rings is 1. The first-order valence-corrected chi connectivity index (χ1v) is 14.7. The summed E-state index contributed by atoms with van der Waals surface area (Å²) in [5, 5.41) is 19.2. The van der Waals surface area contributed by atoms with E-state index >= 15 is 0 Å². The smallest absolute Gasteiger partial charge is 0.412 e. The number of carbonyl (C=O) groups is 3. The van der Waals surface area contributed by atoms with Crippen LogP contribution in [0.2, 0.25) is 0 Å². The molecule has 220 valence electrons. The summed E-state index contributed by atoms with van der Waals surface area (Å²) in [6, 6.07) is 13.8. The molecule has 0 radical (unpaired) electrons. The number of thiazole rings is 1. The third-order valence-corrected chi connectivity index (χ3v) is 7.88. The highest BCUT2D eigenvalue weighted by molar-refractivity contribution is 7.14. The molecule has 13 heteroatoms. The highest BCUT2D eigenvalue weighted by atomic mass is 35.5. The normalized spacial score (nSPS) is 14.6. The number of alkyl halides is 1. The van der Waals surface area contributed by atoms with Gasteiger partial charge in [-0.05, 0) is 43.9 Å². The fraction of sp³-hybridized carbons (Fsp3) is 0.233. The van der Waals surface area contributed by atoms with Gasteiger partial charge in [-0.2, -0.15) is 0 Å². The highest BCUT2D eigenvalue weighted by Gasteiger charge is 2.35. The van der Waals surface area contributed by atoms with Crippen molar-refractivity contribution in [3.8, 4) is 5.75 Å². The lowest BCUT2D eigenvalue weighted by molar-refractivity contribution is 0.0635. The Labute approximate surface area is 254 Å². The molecule has 0 aliphatic carbocycles. The number of phenolic OH excluding ortho intramolecular Hbond substituents is 1. The molecule has 3 amide bonds. The second-order valence-electron chi connectivity index (χ2n) is 11.0. The van der Waals surface area contributed by atoms with E-state index in [1.807, 2.05) is 24.3 Å². The Hall–Kier alpha value is -4.68. The van der Waals surface area contributed by atoms with Crippen molar-refractivity contribution in [2.45, 2.75) is 32.3 Å². The first kappa shape index (κ1) is 28.4. The molecular formula is C30H26ClN5O6S. The molecule has 0 saturated heterocycles. The molecule has 0 saturated carbocycles. The van der Waals surface area contributed by atoms with Crippen molar-refractivity contribution >= 4 is 79.2 Å². The van der Waals surface area contributed by atoms with Gasteiger partial charge in [-0.3, -0.25) is 20.2 Å². The minimum atomic E-state index is -0.657. The number of hydrogen-bond donors (Lipinski definition) is 3. The molecule has 43 heavy (non-hydrogen) atoms. The fourth-order valence-corrected chi connectivity index (χ4v) is 5.92. The van der Waals surface area contributed by atoms with Gasteiger partial charge in [0.05, 0.1) is 5.69 Å². The second kappa shape index (κ2) is 10.9. The van der Waals surface area contributed by atoms with Crippen LogP contribution in [0.4, 0.5) is 21.3 Å². The van der Waals surface area contributed by atoms with E-state index in [0.29, 0.717) is 34.7 Å². The number of phenols is 1. The van der Waals surface area contributed by atoms with Gasteiger partial charge in [-0.15, -0.1) is 22.9 Å². The van der Waals surface area contributed by atoms with Crippen LogP contribution in [0.15, 0.2) is 58.3 Å². The average molecular weight is 620 g/mol. The van der Waals surface area contributed by atoms with Gasteiger partial charge in [-0.1, -0.05) is 24.3 Å². The van der Waals surface area contributed by atoms with E-state index in [9.17, 15) is 19.5 Å². The SMILES string of the molecule is CC(C)(C)OC(=O)Nc1ccc2nc(C(=O)Nc3nc(C(=O)N4C[C@@H](CCl)c5c4cc(O)c4ccccc54)cs3)oc2c1. The Morgan fingerprint density at radius 3 is 2.63 bits per heavy atom. The zero-order valence-corrected chi connectivity index (χ0v) is 24.9. The van der Waals surface area contributed by atoms with Gasteiger partial charge in [-0.25, -0.2) is 14.8 Å². The predicted octanol–water partition coefficient (Wildman–Crippen LogP) is 6.73. The zero-order valence-electron chi connectivity index (χ0n) is 23.3. The fourth-order valence-electron chi connectivity index (χ4n) is 4.98. The lowest BCUT2D eigenvalue weighted by Crippen LogP contribution is -2.30. The molecule has 0 spiro atoms. The monoisotopic (exact) mass is 619 g/mol. The summed E-state index contributed by atoms with van der Waals surface area (Å²) in [5.41, 5.74) is 2.06. The summed E-state index contributed by atoms with van der Waals surface area (Å²) >= 11 is 7.37. The minimum absolute atomic E-state index is 0.0691. The van der Waals surface area contributed by atoms with Crippen LogP contribution < -0.4 is 15.5 Å². The molecule has 3 heterocycles. The molecule has 3 aromatic carbocycles. The summed E-state index contributed by atoms with van der Waals surface area (Å²) in [4.78, 5) is 48.6. The quantitative estimate of drug-likeness (QED) is 0.184. The molecule has 11 nitrogen and oxygen atoms in total. The number of fused-ring (bicyclic) bond motifs is 4. The summed E-state index contributed by atoms with van der Waals surface area (Å²) in [7, 11) is 0. The number of aromatic nitrogens is 2. The van der Waals surface area contributed by atoms with Crippen LogP contribution >= 0.6 is 22.9 Å². The molecular weight excluding hydrogens is 594 g/mol. The summed E-state index contributed by atoms with van der Waals surface area (Å²) in [6.45, 7) is 5.61. The lowest BCUT2D eigenvalue weighted by Gasteiger charge is -2.19. The minimum Gasteiger partial charge on any atom is -0.507 e. The van der Waals surface area contributed by atoms with Gasteiger partial charge < -0.3 is 19.2 Å². The van der Waals surface area contributed by atoms with E-state index in [4.69, 9.17) is 20.8 Å². The molecule has 6 rings (SSSR count). The first-order chi connectivity index (χ1) is 20.5. The van der Waals surface area contributed by atoms with Crippen molar-refractivity contribution in [1.29, 1.82) is 0 Å². The summed E-state index contributed by atoms with van der Waals surface area (Å²) < 4.78 is 10.9. The van der Waals surface area contributed by atoms with Gasteiger partial charge in [0, 0.05) is 46.9 Å². The predicted molar refractivity (Wildman–Crippen MR) is 165 cm³/mol. The van der Waals surface area contributed by atoms with Crippen LogP contribution in [0.25, 0.3) is 21.9 Å². The van der Waals surface area contributed by atoms with Gasteiger partial charge in [0.15, 0.2) is 10.7 Å². The maximum Gasteiger partial charge on any atom is 0.412 e. The van der Waals surface area contributed by atoms with E-state index in [2.05, 4.69) is 20.6 Å². The van der Waals surface area contributed by atoms with Crippen molar-refractivity contribution in [3.63, 3.8) is 0 Å². The topological polar surface area (TPSA) is 147 Å².